The molecule has 0 aliphatic heterocycles. The molecule has 1 nitrogen and oxygen atoms in total. The van der Waals surface area contributed by atoms with Crippen molar-refractivity contribution in [2.75, 3.05) is 0 Å². The van der Waals surface area contributed by atoms with E-state index >= 15 is 0 Å². The Morgan fingerprint density at radius 1 is 0.659 bits per heavy atom. The van der Waals surface area contributed by atoms with Crippen LogP contribution in [0.5, 0.6) is 0 Å². The van der Waals surface area contributed by atoms with Gasteiger partial charge in [0, 0.05) is 37.1 Å². The normalized spacial score (nSPS) is 17.8. The molecule has 9 rings (SSSR count). The number of nitrogens with zero attached hydrogens (tertiary/aromatic N) is 1. The molecule has 2 unspecified atom stereocenters. The second-order valence-electron chi connectivity index (χ2n) is 13.0. The average Bonchev–Trinajstić information content (AvgIpc) is 3.53. The van der Waals surface area contributed by atoms with Crippen molar-refractivity contribution in [3.05, 3.63) is 122 Å². The summed E-state index contributed by atoms with van der Waals surface area (Å²) >= 11 is 7.57. The Kier molecular flexibility index (Phi) is 4.85. The van der Waals surface area contributed by atoms with Crippen LogP contribution in [0.3, 0.4) is 0 Å². The maximum absolute atomic E-state index is 5.59. The highest BCUT2D eigenvalue weighted by Gasteiger charge is 2.45. The van der Waals surface area contributed by atoms with E-state index in [0.717, 1.165) is 26.6 Å². The minimum Gasteiger partial charge on any atom is -0.247 e. The summed E-state index contributed by atoms with van der Waals surface area (Å²) in [6.07, 6.45) is 1.12. The summed E-state index contributed by atoms with van der Waals surface area (Å²) in [6, 6.07) is 32.1. The predicted octanol–water partition coefficient (Wildman–Crippen LogP) is 11.6. The van der Waals surface area contributed by atoms with Gasteiger partial charge in [0.05, 0.1) is 11.2 Å². The van der Waals surface area contributed by atoms with Gasteiger partial charge < -0.3 is 0 Å². The zero-order chi connectivity index (χ0) is 27.8. The van der Waals surface area contributed by atoms with Gasteiger partial charge in [-0.3, -0.25) is 0 Å². The number of pyridine rings is 1. The number of aromatic nitrogens is 1. The van der Waals surface area contributed by atoms with Crippen molar-refractivity contribution in [2.24, 2.45) is 0 Å². The molecule has 7 aromatic rings. The Bertz CT molecular complexity index is 2220. The molecular weight excluding hydrogens is 630 g/mol. The lowest BCUT2D eigenvalue weighted by Crippen LogP contribution is -2.11. The van der Waals surface area contributed by atoms with Crippen LogP contribution < -0.4 is 0 Å². The number of hydrogen-bond acceptors (Lipinski definition) is 1. The molecule has 0 fully saturated rings. The van der Waals surface area contributed by atoms with Gasteiger partial charge in [-0.05, 0) is 117 Å². The Balaban J connectivity index is 1.42. The third-order valence-corrected chi connectivity index (χ3v) is 11.6. The van der Waals surface area contributed by atoms with Crippen molar-refractivity contribution < 1.29 is 0 Å². The van der Waals surface area contributed by atoms with Crippen LogP contribution in [0.1, 0.15) is 66.8 Å². The molecule has 41 heavy (non-hydrogen) atoms. The molecule has 6 aromatic carbocycles. The van der Waals surface area contributed by atoms with Crippen molar-refractivity contribution >= 4 is 75.1 Å². The number of hydrogen-bond donors (Lipinski definition) is 0. The molecule has 2 atom stereocenters. The second kappa shape index (κ2) is 8.18. The first-order chi connectivity index (χ1) is 19.8. The van der Waals surface area contributed by atoms with Crippen molar-refractivity contribution in [2.45, 2.75) is 44.4 Å². The van der Waals surface area contributed by atoms with Crippen LogP contribution in [0.2, 0.25) is 0 Å². The summed E-state index contributed by atoms with van der Waals surface area (Å²) in [7, 11) is 0. The molecule has 2 bridgehead atoms. The molecule has 0 spiro atoms. The van der Waals surface area contributed by atoms with Crippen molar-refractivity contribution in [3.63, 3.8) is 0 Å². The first kappa shape index (κ1) is 24.3. The van der Waals surface area contributed by atoms with Gasteiger partial charge >= 0.3 is 0 Å². The monoisotopic (exact) mass is 655 g/mol. The van der Waals surface area contributed by atoms with Crippen LogP contribution in [-0.2, 0) is 5.41 Å². The van der Waals surface area contributed by atoms with E-state index in [4.69, 9.17) is 4.98 Å². The highest BCUT2D eigenvalue weighted by molar-refractivity contribution is 9.13. The van der Waals surface area contributed by atoms with Crippen molar-refractivity contribution in [1.29, 1.82) is 0 Å². The molecule has 0 radical (unpaired) electrons. The summed E-state index contributed by atoms with van der Waals surface area (Å²) in [5.74, 6) is 0.744. The van der Waals surface area contributed by atoms with Crippen LogP contribution in [0.25, 0.3) is 54.5 Å². The number of benzene rings is 6. The van der Waals surface area contributed by atoms with Crippen LogP contribution in [0.15, 0.2) is 93.9 Å². The molecule has 0 N–H and O–H groups in total. The fourth-order valence-corrected chi connectivity index (χ4v) is 8.57. The standard InChI is InChI=1S/C38H27Br2N/c1-38(2,3)23-13-20-9-10-22-15-29-34-27-16-28(26-18-31(40)30(39)17-25(26)27)35(34)36(19-7-5-4-6-8-19)41-37(29)24-12-11-21(14-23)32(20)33(22)24/h4-15,17-18,27-28H,16H2,1-3H3. The van der Waals surface area contributed by atoms with Gasteiger partial charge in [0.1, 0.15) is 0 Å². The lowest BCUT2D eigenvalue weighted by Gasteiger charge is -2.25. The third-order valence-electron chi connectivity index (χ3n) is 9.71. The second-order valence-corrected chi connectivity index (χ2v) is 14.7. The van der Waals surface area contributed by atoms with Crippen LogP contribution in [-0.4, -0.2) is 4.98 Å². The van der Waals surface area contributed by atoms with Gasteiger partial charge in [-0.1, -0.05) is 87.5 Å². The summed E-state index contributed by atoms with van der Waals surface area (Å²) in [5.41, 5.74) is 10.8. The molecule has 198 valence electrons. The molecule has 1 heterocycles. The summed E-state index contributed by atoms with van der Waals surface area (Å²) in [5, 5.41) is 9.23. The Labute approximate surface area is 256 Å². The SMILES string of the molecule is CC(C)(C)c1cc2ccc3cc4c5c(c(-c6ccccc6)nc4c4ccc(c1)c2c34)C1CC5c2cc(Br)c(Br)cc21. The van der Waals surface area contributed by atoms with Crippen molar-refractivity contribution in [3.8, 4) is 11.3 Å². The van der Waals surface area contributed by atoms with E-state index in [1.807, 2.05) is 0 Å². The van der Waals surface area contributed by atoms with Crippen LogP contribution in [0, 0.1) is 0 Å². The largest absolute Gasteiger partial charge is 0.247 e. The van der Waals surface area contributed by atoms with Gasteiger partial charge in [0.2, 0.25) is 0 Å². The Morgan fingerprint density at radius 3 is 1.93 bits per heavy atom. The van der Waals surface area contributed by atoms with Gasteiger partial charge in [0.25, 0.3) is 0 Å². The quantitative estimate of drug-likeness (QED) is 0.127. The molecule has 3 heteroatoms. The van der Waals surface area contributed by atoms with Gasteiger partial charge in [-0.25, -0.2) is 4.98 Å². The molecule has 1 aromatic heterocycles. The van der Waals surface area contributed by atoms with E-state index in [1.54, 1.807) is 0 Å². The average molecular weight is 657 g/mol. The fourth-order valence-electron chi connectivity index (χ4n) is 7.84. The zero-order valence-corrected chi connectivity index (χ0v) is 26.3. The van der Waals surface area contributed by atoms with Gasteiger partial charge in [-0.2, -0.15) is 0 Å². The Morgan fingerprint density at radius 2 is 1.27 bits per heavy atom. The highest BCUT2D eigenvalue weighted by atomic mass is 79.9. The van der Waals surface area contributed by atoms with E-state index in [0.29, 0.717) is 11.8 Å². The molecule has 0 saturated carbocycles. The predicted molar refractivity (Wildman–Crippen MR) is 180 cm³/mol. The molecule has 0 saturated heterocycles. The summed E-state index contributed by atoms with van der Waals surface area (Å²) in [4.78, 5) is 5.59. The summed E-state index contributed by atoms with van der Waals surface area (Å²) < 4.78 is 2.25. The van der Waals surface area contributed by atoms with E-state index in [1.165, 1.54) is 71.1 Å². The molecule has 0 amide bonds. The highest BCUT2D eigenvalue weighted by Crippen LogP contribution is 2.61. The maximum atomic E-state index is 5.59. The topological polar surface area (TPSA) is 12.9 Å². The van der Waals surface area contributed by atoms with Gasteiger partial charge in [0.15, 0.2) is 0 Å². The minimum atomic E-state index is 0.101. The van der Waals surface area contributed by atoms with Crippen LogP contribution >= 0.6 is 31.9 Å². The first-order valence-electron chi connectivity index (χ1n) is 14.4. The first-order valence-corrected chi connectivity index (χ1v) is 16.0. The molecular formula is C38H27Br2N. The fraction of sp³-hybridized carbons (Fsp3) is 0.184. The lowest BCUT2D eigenvalue weighted by molar-refractivity contribution is 0.591. The van der Waals surface area contributed by atoms with Crippen LogP contribution in [0.4, 0.5) is 0 Å². The number of rotatable bonds is 1. The van der Waals surface area contributed by atoms with E-state index in [9.17, 15) is 0 Å². The van der Waals surface area contributed by atoms with E-state index in [-0.39, 0.29) is 5.41 Å². The summed E-state index contributed by atoms with van der Waals surface area (Å²) in [6.45, 7) is 6.89. The maximum Gasteiger partial charge on any atom is 0.0791 e. The number of fused-ring (bicyclic) bond motifs is 11. The molecule has 2 aliphatic rings. The third kappa shape index (κ3) is 3.25. The van der Waals surface area contributed by atoms with E-state index in [2.05, 4.69) is 138 Å². The minimum absolute atomic E-state index is 0.101. The van der Waals surface area contributed by atoms with E-state index < -0.39 is 0 Å². The smallest absolute Gasteiger partial charge is 0.0791 e. The van der Waals surface area contributed by atoms with Crippen molar-refractivity contribution in [1.82, 2.24) is 4.98 Å². The zero-order valence-electron chi connectivity index (χ0n) is 23.1. The Hall–Kier alpha value is -3.27. The number of halogens is 2. The van der Waals surface area contributed by atoms with Gasteiger partial charge in [-0.15, -0.1) is 0 Å². The lowest BCUT2D eigenvalue weighted by atomic mass is 9.80. The molecule has 2 aliphatic carbocycles.